The Hall–Kier alpha value is -1.05. The van der Waals surface area contributed by atoms with Crippen molar-refractivity contribution < 1.29 is 0 Å². The summed E-state index contributed by atoms with van der Waals surface area (Å²) in [5.41, 5.74) is 2.49. The average molecular weight is 322 g/mol. The molecule has 102 valence electrons. The van der Waals surface area contributed by atoms with Gasteiger partial charge in [-0.2, -0.15) is 5.26 Å². The van der Waals surface area contributed by atoms with Gasteiger partial charge < -0.3 is 4.90 Å². The fourth-order valence-electron chi connectivity index (χ4n) is 2.57. The minimum Gasteiger partial charge on any atom is -0.368 e. The number of aryl methyl sites for hydroxylation is 1. The Kier molecular flexibility index (Phi) is 4.49. The maximum Gasteiger partial charge on any atom is 0.0638 e. The van der Waals surface area contributed by atoms with E-state index in [1.165, 1.54) is 11.3 Å². The van der Waals surface area contributed by atoms with E-state index in [1.54, 1.807) is 0 Å². The van der Waals surface area contributed by atoms with Gasteiger partial charge in [-0.3, -0.25) is 4.90 Å². The van der Waals surface area contributed by atoms with E-state index in [0.29, 0.717) is 18.5 Å². The molecule has 0 bridgehead atoms. The second-order valence-corrected chi connectivity index (χ2v) is 6.22. The van der Waals surface area contributed by atoms with Gasteiger partial charge in [0.05, 0.1) is 12.5 Å². The van der Waals surface area contributed by atoms with Crippen LogP contribution in [0.2, 0.25) is 0 Å². The molecule has 1 fully saturated rings. The Morgan fingerprint density at radius 3 is 2.79 bits per heavy atom. The van der Waals surface area contributed by atoms with Gasteiger partial charge in [0.2, 0.25) is 0 Å². The summed E-state index contributed by atoms with van der Waals surface area (Å²) in [6.07, 6.45) is 0.588. The molecule has 0 radical (unpaired) electrons. The Labute approximate surface area is 123 Å². The van der Waals surface area contributed by atoms with Crippen LogP contribution in [0, 0.1) is 18.3 Å². The van der Waals surface area contributed by atoms with E-state index < -0.39 is 0 Å². The third-order valence-electron chi connectivity index (χ3n) is 4.03. The lowest BCUT2D eigenvalue weighted by molar-refractivity contribution is 0.160. The highest BCUT2D eigenvalue weighted by Crippen LogP contribution is 2.27. The molecule has 0 aliphatic carbocycles. The molecule has 19 heavy (non-hydrogen) atoms. The number of benzene rings is 1. The summed E-state index contributed by atoms with van der Waals surface area (Å²) in [6.45, 7) is 6.25. The van der Waals surface area contributed by atoms with Crippen molar-refractivity contribution in [3.8, 4) is 6.07 Å². The molecule has 4 heteroatoms. The first-order chi connectivity index (χ1) is 9.02. The summed E-state index contributed by atoms with van der Waals surface area (Å²) in [6, 6.07) is 9.57. The topological polar surface area (TPSA) is 30.3 Å². The van der Waals surface area contributed by atoms with Crippen LogP contribution >= 0.6 is 15.9 Å². The Bertz CT molecular complexity index is 495. The minimum atomic E-state index is 0.314. The van der Waals surface area contributed by atoms with E-state index in [9.17, 15) is 0 Å². The number of anilines is 1. The van der Waals surface area contributed by atoms with Crippen molar-refractivity contribution in [2.24, 2.45) is 0 Å². The first-order valence-corrected chi connectivity index (χ1v) is 7.42. The van der Waals surface area contributed by atoms with Crippen molar-refractivity contribution >= 4 is 21.6 Å². The summed E-state index contributed by atoms with van der Waals surface area (Å²) in [4.78, 5) is 4.71. The number of nitrogens with zero attached hydrogens (tertiary/aromatic N) is 3. The largest absolute Gasteiger partial charge is 0.368 e. The first-order valence-electron chi connectivity index (χ1n) is 6.63. The zero-order valence-corrected chi connectivity index (χ0v) is 13.3. The molecule has 1 aromatic rings. The predicted molar refractivity (Wildman–Crippen MR) is 82.3 cm³/mol. The fourth-order valence-corrected chi connectivity index (χ4v) is 2.94. The van der Waals surface area contributed by atoms with E-state index in [4.69, 9.17) is 5.26 Å². The molecule has 1 saturated heterocycles. The lowest BCUT2D eigenvalue weighted by Crippen LogP contribution is -2.56. The van der Waals surface area contributed by atoms with Crippen molar-refractivity contribution in [3.63, 3.8) is 0 Å². The monoisotopic (exact) mass is 321 g/mol. The number of hydrogen-bond acceptors (Lipinski definition) is 3. The third kappa shape index (κ3) is 3.10. The van der Waals surface area contributed by atoms with Crippen LogP contribution in [0.5, 0.6) is 0 Å². The molecule has 2 atom stereocenters. The highest BCUT2D eigenvalue weighted by atomic mass is 79.9. The second-order valence-electron chi connectivity index (χ2n) is 5.37. The molecule has 0 N–H and O–H groups in total. The van der Waals surface area contributed by atoms with Gasteiger partial charge in [0, 0.05) is 35.3 Å². The van der Waals surface area contributed by atoms with Crippen molar-refractivity contribution in [2.75, 3.05) is 25.0 Å². The third-order valence-corrected chi connectivity index (χ3v) is 4.89. The molecule has 1 aliphatic heterocycles. The van der Waals surface area contributed by atoms with Gasteiger partial charge in [-0.05, 0) is 38.6 Å². The van der Waals surface area contributed by atoms with Gasteiger partial charge in [-0.25, -0.2) is 0 Å². The number of halogens is 1. The standard InChI is InChI=1S/C15H20BrN3/c1-11-4-5-13(8-15(11)16)19-9-12(2)18(3)14(10-19)6-7-17/h4-5,8,12,14H,6,9-10H2,1-3H3. The van der Waals surface area contributed by atoms with Gasteiger partial charge in [-0.15, -0.1) is 0 Å². The van der Waals surface area contributed by atoms with Gasteiger partial charge in [-0.1, -0.05) is 22.0 Å². The number of hydrogen-bond donors (Lipinski definition) is 0. The number of nitriles is 1. The molecular weight excluding hydrogens is 302 g/mol. The molecule has 1 aliphatic rings. The Morgan fingerprint density at radius 1 is 1.42 bits per heavy atom. The number of piperazine rings is 1. The van der Waals surface area contributed by atoms with Crippen molar-refractivity contribution in [3.05, 3.63) is 28.2 Å². The highest BCUT2D eigenvalue weighted by molar-refractivity contribution is 9.10. The smallest absolute Gasteiger partial charge is 0.0638 e. The minimum absolute atomic E-state index is 0.314. The van der Waals surface area contributed by atoms with Gasteiger partial charge in [0.25, 0.3) is 0 Å². The molecule has 2 unspecified atom stereocenters. The molecule has 0 amide bonds. The van der Waals surface area contributed by atoms with Crippen LogP contribution in [0.15, 0.2) is 22.7 Å². The second kappa shape index (κ2) is 5.94. The number of likely N-dealkylation sites (N-methyl/N-ethyl adjacent to an activating group) is 1. The quantitative estimate of drug-likeness (QED) is 0.838. The summed E-state index contributed by atoms with van der Waals surface area (Å²) in [7, 11) is 2.12. The van der Waals surface area contributed by atoms with Crippen LogP contribution in [0.1, 0.15) is 18.9 Å². The Morgan fingerprint density at radius 2 is 2.16 bits per heavy atom. The Balaban J connectivity index is 2.20. The van der Waals surface area contributed by atoms with Crippen molar-refractivity contribution in [1.82, 2.24) is 4.90 Å². The molecule has 2 rings (SSSR count). The molecule has 0 saturated carbocycles. The van der Waals surface area contributed by atoms with E-state index in [0.717, 1.165) is 17.6 Å². The van der Waals surface area contributed by atoms with E-state index in [-0.39, 0.29) is 0 Å². The van der Waals surface area contributed by atoms with E-state index in [1.807, 2.05) is 0 Å². The first kappa shape index (κ1) is 14.4. The molecule has 0 spiro atoms. The van der Waals surface area contributed by atoms with Crippen molar-refractivity contribution in [1.29, 1.82) is 5.26 Å². The van der Waals surface area contributed by atoms with Crippen LogP contribution in [0.3, 0.4) is 0 Å². The van der Waals surface area contributed by atoms with E-state index >= 15 is 0 Å². The van der Waals surface area contributed by atoms with E-state index in [2.05, 4.69) is 70.9 Å². The summed E-state index contributed by atoms with van der Waals surface area (Å²) in [5, 5.41) is 8.96. The lowest BCUT2D eigenvalue weighted by atomic mass is 10.0. The van der Waals surface area contributed by atoms with Gasteiger partial charge >= 0.3 is 0 Å². The van der Waals surface area contributed by atoms with Crippen LogP contribution in [0.4, 0.5) is 5.69 Å². The number of rotatable bonds is 2. The van der Waals surface area contributed by atoms with Crippen LogP contribution in [-0.4, -0.2) is 37.1 Å². The predicted octanol–water partition coefficient (Wildman–Crippen LogP) is 3.18. The van der Waals surface area contributed by atoms with Crippen molar-refractivity contribution in [2.45, 2.75) is 32.4 Å². The maximum absolute atomic E-state index is 8.96. The van der Waals surface area contributed by atoms with Crippen LogP contribution in [-0.2, 0) is 0 Å². The zero-order chi connectivity index (χ0) is 14.0. The maximum atomic E-state index is 8.96. The average Bonchev–Trinajstić information content (AvgIpc) is 2.38. The molecular formula is C15H20BrN3. The molecule has 0 aromatic heterocycles. The molecule has 3 nitrogen and oxygen atoms in total. The SMILES string of the molecule is Cc1ccc(N2CC(C)N(C)C(CC#N)C2)cc1Br. The summed E-state index contributed by atoms with van der Waals surface area (Å²) >= 11 is 3.60. The highest BCUT2D eigenvalue weighted by Gasteiger charge is 2.29. The molecule has 1 aromatic carbocycles. The summed E-state index contributed by atoms with van der Waals surface area (Å²) in [5.74, 6) is 0. The van der Waals surface area contributed by atoms with Crippen LogP contribution < -0.4 is 4.90 Å². The van der Waals surface area contributed by atoms with Crippen LogP contribution in [0.25, 0.3) is 0 Å². The zero-order valence-electron chi connectivity index (χ0n) is 11.7. The van der Waals surface area contributed by atoms with Gasteiger partial charge in [0.15, 0.2) is 0 Å². The molecule has 1 heterocycles. The lowest BCUT2D eigenvalue weighted by Gasteiger charge is -2.44. The fraction of sp³-hybridized carbons (Fsp3) is 0.533. The van der Waals surface area contributed by atoms with Gasteiger partial charge in [0.1, 0.15) is 0 Å². The normalized spacial score (nSPS) is 24.3. The summed E-state index contributed by atoms with van der Waals surface area (Å²) < 4.78 is 1.15.